The van der Waals surface area contributed by atoms with E-state index < -0.39 is 11.9 Å². The lowest BCUT2D eigenvalue weighted by molar-refractivity contribution is 0.0600. The number of methoxy groups -OCH3 is 1. The topological polar surface area (TPSA) is 86.1 Å². The maximum absolute atomic E-state index is 12.9. The van der Waals surface area contributed by atoms with E-state index in [1.165, 1.54) is 25.3 Å². The summed E-state index contributed by atoms with van der Waals surface area (Å²) >= 11 is 6.19. The van der Waals surface area contributed by atoms with Crippen molar-refractivity contribution >= 4 is 29.2 Å². The fourth-order valence-corrected chi connectivity index (χ4v) is 3.14. The zero-order valence-corrected chi connectivity index (χ0v) is 17.2. The largest absolute Gasteiger partial charge is 0.465 e. The SMILES string of the molecule is COC(=O)c1ccc(Cl)c(NC(=O)c2nc(-c3ccccc3)n(-c3ccccc3)n2)c1. The van der Waals surface area contributed by atoms with Crippen LogP contribution in [-0.4, -0.2) is 33.8 Å². The quantitative estimate of drug-likeness (QED) is 0.465. The van der Waals surface area contributed by atoms with Crippen LogP contribution in [0.2, 0.25) is 5.02 Å². The first-order chi connectivity index (χ1) is 15.1. The number of esters is 1. The average Bonchev–Trinajstić information content (AvgIpc) is 3.27. The van der Waals surface area contributed by atoms with Gasteiger partial charge in [0.1, 0.15) is 0 Å². The molecule has 4 aromatic rings. The zero-order chi connectivity index (χ0) is 21.8. The molecule has 1 amide bonds. The summed E-state index contributed by atoms with van der Waals surface area (Å²) in [4.78, 5) is 29.2. The Balaban J connectivity index is 1.71. The second kappa shape index (κ2) is 8.81. The van der Waals surface area contributed by atoms with Gasteiger partial charge < -0.3 is 10.1 Å². The Labute approximate surface area is 183 Å². The van der Waals surface area contributed by atoms with Crippen molar-refractivity contribution in [1.29, 1.82) is 0 Å². The molecule has 0 aliphatic carbocycles. The molecule has 154 valence electrons. The van der Waals surface area contributed by atoms with Gasteiger partial charge in [-0.25, -0.2) is 14.5 Å². The van der Waals surface area contributed by atoms with Gasteiger partial charge in [0.15, 0.2) is 5.82 Å². The smallest absolute Gasteiger partial charge is 0.337 e. The minimum absolute atomic E-state index is 0.0396. The highest BCUT2D eigenvalue weighted by Crippen LogP contribution is 2.25. The first kappa shape index (κ1) is 20.3. The van der Waals surface area contributed by atoms with Crippen LogP contribution in [0.1, 0.15) is 21.0 Å². The van der Waals surface area contributed by atoms with E-state index in [4.69, 9.17) is 16.3 Å². The van der Waals surface area contributed by atoms with Crippen molar-refractivity contribution in [1.82, 2.24) is 14.8 Å². The summed E-state index contributed by atoms with van der Waals surface area (Å²) in [5.41, 5.74) is 2.09. The standard InChI is InChI=1S/C23H17ClN4O3/c1-31-23(30)16-12-13-18(24)19(14-16)25-22(29)20-26-21(15-8-4-2-5-9-15)28(27-20)17-10-6-3-7-11-17/h2-14H,1H3,(H,25,29). The molecule has 0 radical (unpaired) electrons. The molecular formula is C23H17ClN4O3. The van der Waals surface area contributed by atoms with E-state index in [9.17, 15) is 9.59 Å². The number of nitrogens with zero attached hydrogens (tertiary/aromatic N) is 3. The van der Waals surface area contributed by atoms with Gasteiger partial charge >= 0.3 is 5.97 Å². The number of carbonyl (C=O) groups excluding carboxylic acids is 2. The molecule has 31 heavy (non-hydrogen) atoms. The Morgan fingerprint density at radius 2 is 1.65 bits per heavy atom. The lowest BCUT2D eigenvalue weighted by Crippen LogP contribution is -2.15. The molecule has 0 unspecified atom stereocenters. The number of amides is 1. The molecule has 3 aromatic carbocycles. The minimum atomic E-state index is -0.559. The van der Waals surface area contributed by atoms with Crippen LogP contribution in [0.5, 0.6) is 0 Å². The van der Waals surface area contributed by atoms with Crippen molar-refractivity contribution in [3.05, 3.63) is 95.3 Å². The van der Waals surface area contributed by atoms with E-state index in [-0.39, 0.29) is 22.1 Å². The van der Waals surface area contributed by atoms with Gasteiger partial charge in [0.25, 0.3) is 5.91 Å². The number of nitrogens with one attached hydrogen (secondary N) is 1. The number of hydrogen-bond donors (Lipinski definition) is 1. The van der Waals surface area contributed by atoms with Crippen molar-refractivity contribution in [2.75, 3.05) is 12.4 Å². The number of carbonyl (C=O) groups is 2. The van der Waals surface area contributed by atoms with Crippen LogP contribution in [-0.2, 0) is 4.74 Å². The average molecular weight is 433 g/mol. The molecule has 0 aliphatic heterocycles. The number of aromatic nitrogens is 3. The summed E-state index contributed by atoms with van der Waals surface area (Å²) in [5, 5.41) is 7.36. The Morgan fingerprint density at radius 1 is 0.968 bits per heavy atom. The summed E-state index contributed by atoms with van der Waals surface area (Å²) in [6.07, 6.45) is 0. The second-order valence-electron chi connectivity index (χ2n) is 6.51. The van der Waals surface area contributed by atoms with Crippen LogP contribution < -0.4 is 5.32 Å². The number of benzene rings is 3. The molecule has 1 aromatic heterocycles. The highest BCUT2D eigenvalue weighted by molar-refractivity contribution is 6.34. The first-order valence-electron chi connectivity index (χ1n) is 9.34. The third-order valence-electron chi connectivity index (χ3n) is 4.48. The number of anilines is 1. The van der Waals surface area contributed by atoms with Crippen LogP contribution in [0.15, 0.2) is 78.9 Å². The van der Waals surface area contributed by atoms with Crippen molar-refractivity contribution < 1.29 is 14.3 Å². The van der Waals surface area contributed by atoms with Crippen LogP contribution in [0.3, 0.4) is 0 Å². The Morgan fingerprint density at radius 3 is 2.32 bits per heavy atom. The lowest BCUT2D eigenvalue weighted by Gasteiger charge is -2.07. The highest BCUT2D eigenvalue weighted by atomic mass is 35.5. The van der Waals surface area contributed by atoms with Gasteiger partial charge in [0.05, 0.1) is 29.1 Å². The molecule has 0 saturated heterocycles. The van der Waals surface area contributed by atoms with Gasteiger partial charge in [-0.2, -0.15) is 0 Å². The summed E-state index contributed by atoms with van der Waals surface area (Å²) < 4.78 is 6.32. The van der Waals surface area contributed by atoms with Crippen molar-refractivity contribution in [3.63, 3.8) is 0 Å². The Hall–Kier alpha value is -3.97. The first-order valence-corrected chi connectivity index (χ1v) is 9.72. The molecule has 0 bridgehead atoms. The third-order valence-corrected chi connectivity index (χ3v) is 4.81. The summed E-state index contributed by atoms with van der Waals surface area (Å²) in [5.74, 6) is -0.616. The van der Waals surface area contributed by atoms with Gasteiger partial charge in [0, 0.05) is 5.56 Å². The van der Waals surface area contributed by atoms with E-state index in [1.807, 2.05) is 60.7 Å². The van der Waals surface area contributed by atoms with Gasteiger partial charge in [-0.15, -0.1) is 5.10 Å². The van der Waals surface area contributed by atoms with Crippen molar-refractivity contribution in [3.8, 4) is 17.1 Å². The fourth-order valence-electron chi connectivity index (χ4n) is 2.98. The monoisotopic (exact) mass is 432 g/mol. The summed E-state index contributed by atoms with van der Waals surface area (Å²) in [6, 6.07) is 23.3. The van der Waals surface area contributed by atoms with Crippen LogP contribution in [0.25, 0.3) is 17.1 Å². The van der Waals surface area contributed by atoms with Gasteiger partial charge in [-0.1, -0.05) is 60.1 Å². The van der Waals surface area contributed by atoms with Gasteiger partial charge in [-0.3, -0.25) is 4.79 Å². The molecule has 1 heterocycles. The number of rotatable bonds is 5. The minimum Gasteiger partial charge on any atom is -0.465 e. The van der Waals surface area contributed by atoms with E-state index >= 15 is 0 Å². The maximum Gasteiger partial charge on any atom is 0.337 e. The Kier molecular flexibility index (Phi) is 5.77. The number of halogens is 1. The predicted octanol–water partition coefficient (Wildman–Crippen LogP) is 4.63. The normalized spacial score (nSPS) is 10.5. The molecule has 0 aliphatic rings. The molecule has 0 fully saturated rings. The lowest BCUT2D eigenvalue weighted by atomic mass is 10.2. The van der Waals surface area contributed by atoms with Crippen molar-refractivity contribution in [2.45, 2.75) is 0 Å². The van der Waals surface area contributed by atoms with Gasteiger partial charge in [-0.05, 0) is 30.3 Å². The molecule has 0 spiro atoms. The number of para-hydroxylation sites is 1. The molecular weight excluding hydrogens is 416 g/mol. The molecule has 4 rings (SSSR count). The van der Waals surface area contributed by atoms with Crippen LogP contribution in [0.4, 0.5) is 5.69 Å². The maximum atomic E-state index is 12.9. The third kappa shape index (κ3) is 4.31. The molecule has 1 N–H and O–H groups in total. The summed E-state index contributed by atoms with van der Waals surface area (Å²) in [6.45, 7) is 0. The predicted molar refractivity (Wildman–Crippen MR) is 118 cm³/mol. The second-order valence-corrected chi connectivity index (χ2v) is 6.92. The van der Waals surface area contributed by atoms with E-state index in [2.05, 4.69) is 15.4 Å². The molecule has 8 heteroatoms. The van der Waals surface area contributed by atoms with E-state index in [0.29, 0.717) is 5.82 Å². The Bertz CT molecular complexity index is 1180. The van der Waals surface area contributed by atoms with Crippen molar-refractivity contribution in [2.24, 2.45) is 0 Å². The number of hydrogen-bond acceptors (Lipinski definition) is 5. The highest BCUT2D eigenvalue weighted by Gasteiger charge is 2.20. The molecule has 0 atom stereocenters. The zero-order valence-electron chi connectivity index (χ0n) is 16.4. The van der Waals surface area contributed by atoms with E-state index in [0.717, 1.165) is 11.3 Å². The fraction of sp³-hybridized carbons (Fsp3) is 0.0435. The molecule has 0 saturated carbocycles. The van der Waals surface area contributed by atoms with E-state index in [1.54, 1.807) is 4.68 Å². The van der Waals surface area contributed by atoms with Crippen LogP contribution >= 0.6 is 11.6 Å². The summed E-state index contributed by atoms with van der Waals surface area (Å²) in [7, 11) is 1.28. The van der Waals surface area contributed by atoms with Gasteiger partial charge in [0.2, 0.25) is 5.82 Å². The number of ether oxygens (including phenoxy) is 1. The van der Waals surface area contributed by atoms with Crippen LogP contribution in [0, 0.1) is 0 Å². The molecule has 7 nitrogen and oxygen atoms in total.